The molecule has 2 aliphatic heterocycles. The van der Waals surface area contributed by atoms with E-state index in [2.05, 4.69) is 22.8 Å². The highest BCUT2D eigenvalue weighted by Crippen LogP contribution is 2.28. The molecule has 0 bridgehead atoms. The highest BCUT2D eigenvalue weighted by atomic mass is 35.5. The molecule has 1 atom stereocenters. The predicted molar refractivity (Wildman–Crippen MR) is 78.4 cm³/mol. The molecule has 1 aromatic heterocycles. The highest BCUT2D eigenvalue weighted by Gasteiger charge is 2.34. The van der Waals surface area contributed by atoms with Gasteiger partial charge in [-0.2, -0.15) is 0 Å². The lowest BCUT2D eigenvalue weighted by Crippen LogP contribution is -2.61. The Bertz CT molecular complexity index is 400. The van der Waals surface area contributed by atoms with Crippen LogP contribution in [0.15, 0.2) is 12.1 Å². The lowest BCUT2D eigenvalue weighted by molar-refractivity contribution is -0.00574. The SMILES string of the molecule is C[C@H]1CCCCN1C1CN(Cc2ccc(Cl)s2)C1. The smallest absolute Gasteiger partial charge is 0.0931 e. The molecule has 0 aliphatic carbocycles. The second-order valence-electron chi connectivity index (χ2n) is 5.64. The summed E-state index contributed by atoms with van der Waals surface area (Å²) in [6, 6.07) is 5.76. The van der Waals surface area contributed by atoms with E-state index in [4.69, 9.17) is 11.6 Å². The van der Waals surface area contributed by atoms with Crippen LogP contribution in [-0.4, -0.2) is 41.5 Å². The van der Waals surface area contributed by atoms with Crippen molar-refractivity contribution in [2.24, 2.45) is 0 Å². The minimum absolute atomic E-state index is 0.794. The van der Waals surface area contributed by atoms with Gasteiger partial charge in [-0.1, -0.05) is 18.0 Å². The molecule has 2 aliphatic rings. The number of likely N-dealkylation sites (tertiary alicyclic amines) is 2. The first-order valence-corrected chi connectivity index (χ1v) is 8.14. The lowest BCUT2D eigenvalue weighted by Gasteiger charge is -2.49. The minimum Gasteiger partial charge on any atom is -0.295 e. The van der Waals surface area contributed by atoms with Gasteiger partial charge < -0.3 is 0 Å². The molecule has 2 nitrogen and oxygen atoms in total. The van der Waals surface area contributed by atoms with E-state index in [0.717, 1.165) is 23.0 Å². The molecule has 0 aromatic carbocycles. The van der Waals surface area contributed by atoms with Crippen molar-refractivity contribution in [3.8, 4) is 0 Å². The molecule has 1 aromatic rings. The monoisotopic (exact) mass is 284 g/mol. The lowest BCUT2D eigenvalue weighted by atomic mass is 9.97. The largest absolute Gasteiger partial charge is 0.295 e. The van der Waals surface area contributed by atoms with Gasteiger partial charge in [0.15, 0.2) is 0 Å². The Kier molecular flexibility index (Phi) is 3.94. The number of rotatable bonds is 3. The zero-order chi connectivity index (χ0) is 12.5. The van der Waals surface area contributed by atoms with Crippen molar-refractivity contribution in [2.45, 2.75) is 44.8 Å². The molecular weight excluding hydrogens is 264 g/mol. The Labute approximate surface area is 119 Å². The summed E-state index contributed by atoms with van der Waals surface area (Å²) >= 11 is 7.68. The van der Waals surface area contributed by atoms with Crippen molar-refractivity contribution >= 4 is 22.9 Å². The van der Waals surface area contributed by atoms with Crippen molar-refractivity contribution < 1.29 is 0 Å². The molecule has 2 fully saturated rings. The maximum atomic E-state index is 5.97. The van der Waals surface area contributed by atoms with Gasteiger partial charge >= 0.3 is 0 Å². The molecule has 4 heteroatoms. The third kappa shape index (κ3) is 2.74. The first-order valence-electron chi connectivity index (χ1n) is 6.94. The second-order valence-corrected chi connectivity index (χ2v) is 7.44. The van der Waals surface area contributed by atoms with Crippen LogP contribution < -0.4 is 0 Å². The van der Waals surface area contributed by atoms with Crippen molar-refractivity contribution in [3.63, 3.8) is 0 Å². The fourth-order valence-corrected chi connectivity index (χ4v) is 4.33. The molecule has 2 saturated heterocycles. The average molecular weight is 285 g/mol. The van der Waals surface area contributed by atoms with Crippen LogP contribution in [0.1, 0.15) is 31.1 Å². The number of hydrogen-bond donors (Lipinski definition) is 0. The standard InChI is InChI=1S/C14H21ClN2S/c1-11-4-2-3-7-17(11)12-8-16(9-12)10-13-5-6-14(15)18-13/h5-6,11-12H,2-4,7-10H2,1H3/t11-/m0/s1. The Hall–Kier alpha value is -0.0900. The van der Waals surface area contributed by atoms with Crippen LogP contribution in [0, 0.1) is 0 Å². The van der Waals surface area contributed by atoms with Crippen LogP contribution in [0.2, 0.25) is 4.34 Å². The van der Waals surface area contributed by atoms with Gasteiger partial charge in [-0.3, -0.25) is 9.80 Å². The highest BCUT2D eigenvalue weighted by molar-refractivity contribution is 7.16. The number of nitrogens with zero attached hydrogens (tertiary/aromatic N) is 2. The number of thiophene rings is 1. The molecular formula is C14H21ClN2S. The molecule has 0 amide bonds. The van der Waals surface area contributed by atoms with Gasteiger partial charge in [-0.05, 0) is 38.4 Å². The van der Waals surface area contributed by atoms with E-state index in [9.17, 15) is 0 Å². The number of halogens is 1. The normalized spacial score (nSPS) is 27.3. The van der Waals surface area contributed by atoms with Crippen LogP contribution in [0.3, 0.4) is 0 Å². The van der Waals surface area contributed by atoms with Gasteiger partial charge in [0.1, 0.15) is 0 Å². The average Bonchev–Trinajstić information content (AvgIpc) is 2.70. The van der Waals surface area contributed by atoms with Gasteiger partial charge in [-0.15, -0.1) is 11.3 Å². The van der Waals surface area contributed by atoms with Crippen LogP contribution >= 0.6 is 22.9 Å². The van der Waals surface area contributed by atoms with Gasteiger partial charge in [0.25, 0.3) is 0 Å². The number of hydrogen-bond acceptors (Lipinski definition) is 3. The summed E-state index contributed by atoms with van der Waals surface area (Å²) in [7, 11) is 0. The zero-order valence-electron chi connectivity index (χ0n) is 10.9. The molecule has 100 valence electrons. The summed E-state index contributed by atoms with van der Waals surface area (Å²) in [6.45, 7) is 7.25. The van der Waals surface area contributed by atoms with E-state index >= 15 is 0 Å². The number of piperidine rings is 1. The van der Waals surface area contributed by atoms with Crippen LogP contribution in [0.5, 0.6) is 0 Å². The van der Waals surface area contributed by atoms with Crippen LogP contribution in [0.25, 0.3) is 0 Å². The first-order chi connectivity index (χ1) is 8.72. The van der Waals surface area contributed by atoms with Gasteiger partial charge in [0, 0.05) is 36.6 Å². The minimum atomic E-state index is 0.794. The first kappa shape index (κ1) is 12.9. The summed E-state index contributed by atoms with van der Waals surface area (Å²) in [5.41, 5.74) is 0. The predicted octanol–water partition coefficient (Wildman–Crippen LogP) is 3.46. The molecule has 0 spiro atoms. The summed E-state index contributed by atoms with van der Waals surface area (Å²) in [5, 5.41) is 0. The summed E-state index contributed by atoms with van der Waals surface area (Å²) in [5.74, 6) is 0. The summed E-state index contributed by atoms with van der Waals surface area (Å²) < 4.78 is 0.909. The van der Waals surface area contributed by atoms with E-state index in [1.54, 1.807) is 11.3 Å². The second kappa shape index (κ2) is 5.49. The van der Waals surface area contributed by atoms with E-state index in [0.29, 0.717) is 0 Å². The quantitative estimate of drug-likeness (QED) is 0.839. The topological polar surface area (TPSA) is 6.48 Å². The summed E-state index contributed by atoms with van der Waals surface area (Å²) in [6.07, 6.45) is 4.19. The molecule has 0 radical (unpaired) electrons. The fraction of sp³-hybridized carbons (Fsp3) is 0.714. The Morgan fingerprint density at radius 3 is 2.83 bits per heavy atom. The van der Waals surface area contributed by atoms with Crippen molar-refractivity contribution in [1.82, 2.24) is 9.80 Å². The van der Waals surface area contributed by atoms with Crippen LogP contribution in [-0.2, 0) is 6.54 Å². The molecule has 3 heterocycles. The Balaban J connectivity index is 1.48. The van der Waals surface area contributed by atoms with Crippen molar-refractivity contribution in [3.05, 3.63) is 21.3 Å². The van der Waals surface area contributed by atoms with E-state index in [-0.39, 0.29) is 0 Å². The van der Waals surface area contributed by atoms with Crippen molar-refractivity contribution in [1.29, 1.82) is 0 Å². The van der Waals surface area contributed by atoms with Crippen LogP contribution in [0.4, 0.5) is 0 Å². The molecule has 0 N–H and O–H groups in total. The van der Waals surface area contributed by atoms with E-state index in [1.807, 2.05) is 6.07 Å². The molecule has 0 unspecified atom stereocenters. The molecule has 0 saturated carbocycles. The van der Waals surface area contributed by atoms with E-state index in [1.165, 1.54) is 43.8 Å². The molecule has 18 heavy (non-hydrogen) atoms. The van der Waals surface area contributed by atoms with Gasteiger partial charge in [-0.25, -0.2) is 0 Å². The van der Waals surface area contributed by atoms with Crippen molar-refractivity contribution in [2.75, 3.05) is 19.6 Å². The summed E-state index contributed by atoms with van der Waals surface area (Å²) in [4.78, 5) is 6.65. The zero-order valence-corrected chi connectivity index (χ0v) is 12.5. The Morgan fingerprint density at radius 1 is 1.33 bits per heavy atom. The molecule has 3 rings (SSSR count). The Morgan fingerprint density at radius 2 is 2.17 bits per heavy atom. The third-order valence-electron chi connectivity index (χ3n) is 4.27. The third-order valence-corrected chi connectivity index (χ3v) is 5.49. The van der Waals surface area contributed by atoms with Gasteiger partial charge in [0.05, 0.1) is 4.34 Å². The fourth-order valence-electron chi connectivity index (χ4n) is 3.20. The maximum Gasteiger partial charge on any atom is 0.0931 e. The van der Waals surface area contributed by atoms with Gasteiger partial charge in [0.2, 0.25) is 0 Å². The maximum absolute atomic E-state index is 5.97. The van der Waals surface area contributed by atoms with E-state index < -0.39 is 0 Å².